The van der Waals surface area contributed by atoms with Gasteiger partial charge < -0.3 is 10.2 Å². The molecule has 4 nitrogen and oxygen atoms in total. The van der Waals surface area contributed by atoms with Gasteiger partial charge in [0.2, 0.25) is 0 Å². The average molecular weight is 192 g/mol. The molecule has 1 rings (SSSR count). The maximum atomic E-state index is 9.60. The van der Waals surface area contributed by atoms with E-state index in [1.54, 1.807) is 18.3 Å². The zero-order valence-electron chi connectivity index (χ0n) is 7.88. The Hall–Kier alpha value is -1.44. The highest BCUT2D eigenvalue weighted by molar-refractivity contribution is 5.19. The van der Waals surface area contributed by atoms with Crippen molar-refractivity contribution in [3.8, 4) is 6.07 Å². The van der Waals surface area contributed by atoms with Crippen molar-refractivity contribution < 1.29 is 10.2 Å². The minimum Gasteiger partial charge on any atom is -0.389 e. The number of hydrogen-bond donors (Lipinski definition) is 2. The standard InChI is InChI=1S/C10H12N2O2/c1-7-4-8(6-12-5-7)10(14)9(13)2-3-11/h4-6,9-10,13-14H,2H2,1H3. The molecule has 0 saturated carbocycles. The van der Waals surface area contributed by atoms with E-state index in [2.05, 4.69) is 4.98 Å². The Kier molecular flexibility index (Phi) is 3.57. The van der Waals surface area contributed by atoms with Gasteiger partial charge in [0.05, 0.1) is 18.6 Å². The minimum atomic E-state index is -1.05. The summed E-state index contributed by atoms with van der Waals surface area (Å²) in [5, 5.41) is 27.3. The van der Waals surface area contributed by atoms with Crippen LogP contribution in [0.25, 0.3) is 0 Å². The third kappa shape index (κ3) is 2.52. The Morgan fingerprint density at radius 3 is 2.79 bits per heavy atom. The van der Waals surface area contributed by atoms with Gasteiger partial charge in [-0.25, -0.2) is 0 Å². The highest BCUT2D eigenvalue weighted by Crippen LogP contribution is 2.18. The number of aryl methyl sites for hydroxylation is 1. The van der Waals surface area contributed by atoms with E-state index < -0.39 is 12.2 Å². The fourth-order valence-electron chi connectivity index (χ4n) is 1.17. The number of nitrogens with zero attached hydrogens (tertiary/aromatic N) is 2. The minimum absolute atomic E-state index is 0.0882. The van der Waals surface area contributed by atoms with Crippen LogP contribution < -0.4 is 0 Å². The first-order valence-electron chi connectivity index (χ1n) is 4.29. The van der Waals surface area contributed by atoms with Crippen LogP contribution in [0.3, 0.4) is 0 Å². The second-order valence-corrected chi connectivity index (χ2v) is 3.17. The first-order chi connectivity index (χ1) is 6.65. The van der Waals surface area contributed by atoms with E-state index in [0.717, 1.165) is 5.56 Å². The molecule has 1 aromatic heterocycles. The summed E-state index contributed by atoms with van der Waals surface area (Å²) in [5.41, 5.74) is 1.44. The highest BCUT2D eigenvalue weighted by Gasteiger charge is 2.18. The molecule has 2 atom stereocenters. The molecule has 2 unspecified atom stereocenters. The number of pyridine rings is 1. The average Bonchev–Trinajstić information content (AvgIpc) is 2.17. The number of aliphatic hydroxyl groups excluding tert-OH is 2. The normalized spacial score (nSPS) is 14.4. The summed E-state index contributed by atoms with van der Waals surface area (Å²) < 4.78 is 0. The number of rotatable bonds is 3. The van der Waals surface area contributed by atoms with Crippen LogP contribution in [0, 0.1) is 18.3 Å². The van der Waals surface area contributed by atoms with Gasteiger partial charge in [0.1, 0.15) is 6.10 Å². The molecule has 0 spiro atoms. The SMILES string of the molecule is Cc1cncc(C(O)C(O)CC#N)c1. The van der Waals surface area contributed by atoms with Crippen LogP contribution in [0.15, 0.2) is 18.5 Å². The number of aliphatic hydroxyl groups is 2. The maximum absolute atomic E-state index is 9.60. The molecule has 0 aliphatic carbocycles. The van der Waals surface area contributed by atoms with Gasteiger partial charge in [-0.3, -0.25) is 4.98 Å². The predicted molar refractivity (Wildman–Crippen MR) is 50.2 cm³/mol. The summed E-state index contributed by atoms with van der Waals surface area (Å²) in [6.45, 7) is 1.85. The van der Waals surface area contributed by atoms with Crippen molar-refractivity contribution in [2.45, 2.75) is 25.6 Å². The highest BCUT2D eigenvalue weighted by atomic mass is 16.3. The fourth-order valence-corrected chi connectivity index (χ4v) is 1.17. The van der Waals surface area contributed by atoms with E-state index in [0.29, 0.717) is 5.56 Å². The molecule has 0 saturated heterocycles. The molecule has 0 amide bonds. The second kappa shape index (κ2) is 4.70. The lowest BCUT2D eigenvalue weighted by Crippen LogP contribution is -2.17. The van der Waals surface area contributed by atoms with Crippen LogP contribution in [-0.2, 0) is 0 Å². The molecular formula is C10H12N2O2. The Morgan fingerprint density at radius 2 is 2.21 bits per heavy atom. The lowest BCUT2D eigenvalue weighted by atomic mass is 10.0. The van der Waals surface area contributed by atoms with E-state index in [9.17, 15) is 10.2 Å². The van der Waals surface area contributed by atoms with E-state index in [4.69, 9.17) is 5.26 Å². The lowest BCUT2D eigenvalue weighted by Gasteiger charge is -2.15. The molecule has 0 fully saturated rings. The molecule has 1 heterocycles. The number of hydrogen-bond acceptors (Lipinski definition) is 4. The quantitative estimate of drug-likeness (QED) is 0.739. The number of nitriles is 1. The van der Waals surface area contributed by atoms with E-state index >= 15 is 0 Å². The Labute approximate surface area is 82.5 Å². The van der Waals surface area contributed by atoms with E-state index in [1.807, 2.05) is 6.92 Å². The summed E-state index contributed by atoms with van der Waals surface area (Å²) in [6, 6.07) is 3.54. The molecule has 74 valence electrons. The van der Waals surface area contributed by atoms with Crippen molar-refractivity contribution in [3.05, 3.63) is 29.6 Å². The Balaban J connectivity index is 2.79. The molecule has 2 N–H and O–H groups in total. The zero-order valence-corrected chi connectivity index (χ0v) is 7.88. The van der Waals surface area contributed by atoms with E-state index in [-0.39, 0.29) is 6.42 Å². The predicted octanol–water partition coefficient (Wildman–Crippen LogP) is 0.698. The number of aromatic nitrogens is 1. The van der Waals surface area contributed by atoms with Crippen LogP contribution in [0.2, 0.25) is 0 Å². The molecule has 0 aliphatic heterocycles. The van der Waals surface area contributed by atoms with Crippen molar-refractivity contribution in [1.29, 1.82) is 5.26 Å². The zero-order chi connectivity index (χ0) is 10.6. The topological polar surface area (TPSA) is 77.1 Å². The molecule has 4 heteroatoms. The molecule has 0 aliphatic rings. The smallest absolute Gasteiger partial charge is 0.107 e. The van der Waals surface area contributed by atoms with Crippen LogP contribution in [-0.4, -0.2) is 21.3 Å². The van der Waals surface area contributed by atoms with Crippen molar-refractivity contribution in [2.24, 2.45) is 0 Å². The van der Waals surface area contributed by atoms with Crippen LogP contribution in [0.4, 0.5) is 0 Å². The third-order valence-corrected chi connectivity index (χ3v) is 1.90. The van der Waals surface area contributed by atoms with Gasteiger partial charge >= 0.3 is 0 Å². The first-order valence-corrected chi connectivity index (χ1v) is 4.29. The lowest BCUT2D eigenvalue weighted by molar-refractivity contribution is 0.0214. The van der Waals surface area contributed by atoms with Crippen LogP contribution >= 0.6 is 0 Å². The van der Waals surface area contributed by atoms with E-state index in [1.165, 1.54) is 6.20 Å². The summed E-state index contributed by atoms with van der Waals surface area (Å²) in [6.07, 6.45) is 0.964. The third-order valence-electron chi connectivity index (χ3n) is 1.90. The van der Waals surface area contributed by atoms with Gasteiger partial charge in [0, 0.05) is 18.0 Å². The first kappa shape index (κ1) is 10.6. The largest absolute Gasteiger partial charge is 0.389 e. The van der Waals surface area contributed by atoms with Crippen molar-refractivity contribution in [1.82, 2.24) is 4.98 Å². The van der Waals surface area contributed by atoms with Gasteiger partial charge in [-0.15, -0.1) is 0 Å². The van der Waals surface area contributed by atoms with Gasteiger partial charge in [-0.1, -0.05) is 6.07 Å². The maximum Gasteiger partial charge on any atom is 0.107 e. The molecule has 0 radical (unpaired) electrons. The van der Waals surface area contributed by atoms with Gasteiger partial charge in [0.15, 0.2) is 0 Å². The van der Waals surface area contributed by atoms with Gasteiger partial charge in [0.25, 0.3) is 0 Å². The van der Waals surface area contributed by atoms with Crippen molar-refractivity contribution in [3.63, 3.8) is 0 Å². The molecule has 14 heavy (non-hydrogen) atoms. The molecular weight excluding hydrogens is 180 g/mol. The summed E-state index contributed by atoms with van der Waals surface area (Å²) in [4.78, 5) is 3.89. The second-order valence-electron chi connectivity index (χ2n) is 3.17. The van der Waals surface area contributed by atoms with Gasteiger partial charge in [-0.2, -0.15) is 5.26 Å². The van der Waals surface area contributed by atoms with Crippen LogP contribution in [0.5, 0.6) is 0 Å². The van der Waals surface area contributed by atoms with Crippen molar-refractivity contribution >= 4 is 0 Å². The Bertz CT molecular complexity index is 346. The summed E-state index contributed by atoms with van der Waals surface area (Å²) in [5.74, 6) is 0. The molecule has 0 aromatic carbocycles. The van der Waals surface area contributed by atoms with Gasteiger partial charge in [-0.05, 0) is 12.5 Å². The molecule has 0 bridgehead atoms. The summed E-state index contributed by atoms with van der Waals surface area (Å²) >= 11 is 0. The monoisotopic (exact) mass is 192 g/mol. The fraction of sp³-hybridized carbons (Fsp3) is 0.400. The van der Waals surface area contributed by atoms with Crippen LogP contribution in [0.1, 0.15) is 23.7 Å². The summed E-state index contributed by atoms with van der Waals surface area (Å²) in [7, 11) is 0. The van der Waals surface area contributed by atoms with Crippen molar-refractivity contribution in [2.75, 3.05) is 0 Å². The molecule has 1 aromatic rings. The Morgan fingerprint density at radius 1 is 1.50 bits per heavy atom.